The number of aliphatic hydroxyl groups is 1. The summed E-state index contributed by atoms with van der Waals surface area (Å²) in [6, 6.07) is 6.96. The van der Waals surface area contributed by atoms with Crippen LogP contribution < -0.4 is 10.5 Å². The van der Waals surface area contributed by atoms with Gasteiger partial charge in [-0.05, 0) is 12.1 Å². The van der Waals surface area contributed by atoms with E-state index in [-0.39, 0.29) is 26.2 Å². The van der Waals surface area contributed by atoms with E-state index in [1.54, 1.807) is 24.3 Å². The highest BCUT2D eigenvalue weighted by atomic mass is 16.5. The maximum Gasteiger partial charge on any atom is 0.309 e. The molecule has 16 heavy (non-hydrogen) atoms. The number of hydrogen-bond acceptors (Lipinski definition) is 5. The number of rotatable bonds is 6. The number of anilines is 1. The molecule has 3 N–H and O–H groups in total. The summed E-state index contributed by atoms with van der Waals surface area (Å²) in [7, 11) is 0. The van der Waals surface area contributed by atoms with Gasteiger partial charge in [0.05, 0.1) is 19.6 Å². The number of esters is 1. The van der Waals surface area contributed by atoms with Gasteiger partial charge in [-0.15, -0.1) is 0 Å². The zero-order chi connectivity index (χ0) is 11.8. The minimum Gasteiger partial charge on any atom is -0.493 e. The number of carbonyl (C=O) groups excluding carboxylic acids is 1. The molecule has 0 bridgehead atoms. The minimum absolute atomic E-state index is 0.0249. The Balaban J connectivity index is 2.22. The van der Waals surface area contributed by atoms with Crippen molar-refractivity contribution in [1.82, 2.24) is 0 Å². The molecule has 5 heteroatoms. The third-order valence-electron chi connectivity index (χ3n) is 1.79. The first-order valence-corrected chi connectivity index (χ1v) is 4.97. The van der Waals surface area contributed by atoms with Gasteiger partial charge in [0.25, 0.3) is 0 Å². The van der Waals surface area contributed by atoms with Gasteiger partial charge in [-0.25, -0.2) is 0 Å². The fourth-order valence-corrected chi connectivity index (χ4v) is 1.09. The Bertz CT molecular complexity index is 341. The van der Waals surface area contributed by atoms with Crippen molar-refractivity contribution >= 4 is 11.7 Å². The fourth-order valence-electron chi connectivity index (χ4n) is 1.09. The van der Waals surface area contributed by atoms with Crippen molar-refractivity contribution in [2.24, 2.45) is 0 Å². The summed E-state index contributed by atoms with van der Waals surface area (Å²) >= 11 is 0. The van der Waals surface area contributed by atoms with Crippen LogP contribution in [0.5, 0.6) is 5.75 Å². The highest BCUT2D eigenvalue weighted by molar-refractivity contribution is 5.69. The van der Waals surface area contributed by atoms with Crippen LogP contribution in [0.25, 0.3) is 0 Å². The summed E-state index contributed by atoms with van der Waals surface area (Å²) in [4.78, 5) is 11.0. The van der Waals surface area contributed by atoms with E-state index in [9.17, 15) is 4.79 Å². The zero-order valence-corrected chi connectivity index (χ0v) is 8.89. The van der Waals surface area contributed by atoms with E-state index in [0.29, 0.717) is 11.4 Å². The molecule has 0 saturated carbocycles. The van der Waals surface area contributed by atoms with E-state index in [1.165, 1.54) is 0 Å². The molecule has 5 nitrogen and oxygen atoms in total. The molecule has 88 valence electrons. The first-order valence-electron chi connectivity index (χ1n) is 4.97. The van der Waals surface area contributed by atoms with Crippen molar-refractivity contribution in [2.75, 3.05) is 25.6 Å². The highest BCUT2D eigenvalue weighted by Gasteiger charge is 2.02. The summed E-state index contributed by atoms with van der Waals surface area (Å²) in [5.74, 6) is 0.230. The molecule has 0 amide bonds. The maximum atomic E-state index is 11.0. The highest BCUT2D eigenvalue weighted by Crippen LogP contribution is 2.14. The van der Waals surface area contributed by atoms with Crippen LogP contribution in [0.4, 0.5) is 5.69 Å². The Morgan fingerprint density at radius 1 is 1.38 bits per heavy atom. The third-order valence-corrected chi connectivity index (χ3v) is 1.79. The number of nitrogen functional groups attached to an aromatic ring is 1. The quantitative estimate of drug-likeness (QED) is 0.546. The molecule has 1 rings (SSSR count). The van der Waals surface area contributed by atoms with Crippen LogP contribution in [-0.2, 0) is 9.53 Å². The third kappa shape index (κ3) is 4.65. The van der Waals surface area contributed by atoms with Crippen LogP contribution in [0.15, 0.2) is 24.3 Å². The molecule has 0 aliphatic heterocycles. The van der Waals surface area contributed by atoms with Crippen molar-refractivity contribution in [2.45, 2.75) is 6.42 Å². The molecule has 1 aromatic carbocycles. The van der Waals surface area contributed by atoms with Crippen LogP contribution in [-0.4, -0.2) is 30.9 Å². The summed E-state index contributed by atoms with van der Waals surface area (Å²) < 4.78 is 9.95. The smallest absolute Gasteiger partial charge is 0.309 e. The predicted molar refractivity (Wildman–Crippen MR) is 59.0 cm³/mol. The molecular formula is C11H15NO4. The largest absolute Gasteiger partial charge is 0.493 e. The van der Waals surface area contributed by atoms with Crippen LogP contribution in [0.3, 0.4) is 0 Å². The molecule has 0 fully saturated rings. The van der Waals surface area contributed by atoms with E-state index in [2.05, 4.69) is 4.74 Å². The Hall–Kier alpha value is -1.75. The molecule has 0 saturated heterocycles. The fraction of sp³-hybridized carbons (Fsp3) is 0.364. The molecule has 0 aliphatic carbocycles. The Labute approximate surface area is 93.8 Å². The van der Waals surface area contributed by atoms with Gasteiger partial charge in [-0.3, -0.25) is 4.79 Å². The lowest BCUT2D eigenvalue weighted by Gasteiger charge is -2.06. The van der Waals surface area contributed by atoms with E-state index in [1.807, 2.05) is 0 Å². The topological polar surface area (TPSA) is 81.8 Å². The van der Waals surface area contributed by atoms with Gasteiger partial charge in [0, 0.05) is 11.8 Å². The lowest BCUT2D eigenvalue weighted by atomic mass is 10.3. The molecule has 0 unspecified atom stereocenters. The van der Waals surface area contributed by atoms with Crippen molar-refractivity contribution in [3.63, 3.8) is 0 Å². The number of carbonyl (C=O) groups is 1. The molecule has 0 atom stereocenters. The zero-order valence-electron chi connectivity index (χ0n) is 8.89. The molecule has 0 aliphatic rings. The Kier molecular flexibility index (Phi) is 5.15. The van der Waals surface area contributed by atoms with E-state index in [0.717, 1.165) is 0 Å². The maximum absolute atomic E-state index is 11.0. The molecule has 0 aromatic heterocycles. The van der Waals surface area contributed by atoms with Gasteiger partial charge in [0.15, 0.2) is 0 Å². The van der Waals surface area contributed by atoms with Crippen LogP contribution in [0, 0.1) is 0 Å². The van der Waals surface area contributed by atoms with E-state index < -0.39 is 5.97 Å². The van der Waals surface area contributed by atoms with Gasteiger partial charge in [-0.1, -0.05) is 6.07 Å². The first kappa shape index (κ1) is 12.3. The SMILES string of the molecule is Nc1cccc(OCCC(=O)OCCO)c1. The molecule has 0 radical (unpaired) electrons. The number of aliphatic hydroxyl groups excluding tert-OH is 1. The van der Waals surface area contributed by atoms with Crippen molar-refractivity contribution in [3.8, 4) is 5.75 Å². The minimum atomic E-state index is -0.391. The number of ether oxygens (including phenoxy) is 2. The van der Waals surface area contributed by atoms with Crippen LogP contribution in [0.1, 0.15) is 6.42 Å². The molecular weight excluding hydrogens is 210 g/mol. The Morgan fingerprint density at radius 2 is 2.19 bits per heavy atom. The Morgan fingerprint density at radius 3 is 2.88 bits per heavy atom. The van der Waals surface area contributed by atoms with Gasteiger partial charge >= 0.3 is 5.97 Å². The molecule has 1 aromatic rings. The number of nitrogens with two attached hydrogens (primary N) is 1. The van der Waals surface area contributed by atoms with Crippen LogP contribution >= 0.6 is 0 Å². The summed E-state index contributed by atoms with van der Waals surface area (Å²) in [5.41, 5.74) is 6.17. The van der Waals surface area contributed by atoms with Crippen molar-refractivity contribution < 1.29 is 19.4 Å². The second-order valence-corrected chi connectivity index (χ2v) is 3.12. The van der Waals surface area contributed by atoms with Gasteiger partial charge in [0.1, 0.15) is 12.4 Å². The average Bonchev–Trinajstić information content (AvgIpc) is 2.26. The number of benzene rings is 1. The van der Waals surface area contributed by atoms with Crippen molar-refractivity contribution in [3.05, 3.63) is 24.3 Å². The number of hydrogen-bond donors (Lipinski definition) is 2. The lowest BCUT2D eigenvalue weighted by Crippen LogP contribution is -2.12. The van der Waals surface area contributed by atoms with Crippen molar-refractivity contribution in [1.29, 1.82) is 0 Å². The summed E-state index contributed by atoms with van der Waals surface area (Å²) in [6.07, 6.45) is 0.148. The molecule has 0 spiro atoms. The van der Waals surface area contributed by atoms with Gasteiger partial charge < -0.3 is 20.3 Å². The standard InChI is InChI=1S/C11H15NO4/c12-9-2-1-3-10(8-9)15-6-4-11(14)16-7-5-13/h1-3,8,13H,4-7,12H2. The van der Waals surface area contributed by atoms with E-state index in [4.69, 9.17) is 15.6 Å². The second-order valence-electron chi connectivity index (χ2n) is 3.12. The lowest BCUT2D eigenvalue weighted by molar-refractivity contribution is -0.145. The summed E-state index contributed by atoms with van der Waals surface area (Å²) in [5, 5.41) is 8.43. The average molecular weight is 225 g/mol. The first-order chi connectivity index (χ1) is 7.72. The normalized spacial score (nSPS) is 9.81. The van der Waals surface area contributed by atoms with Gasteiger partial charge in [-0.2, -0.15) is 0 Å². The molecule has 0 heterocycles. The second kappa shape index (κ2) is 6.68. The van der Waals surface area contributed by atoms with Gasteiger partial charge in [0.2, 0.25) is 0 Å². The van der Waals surface area contributed by atoms with Crippen LogP contribution in [0.2, 0.25) is 0 Å². The summed E-state index contributed by atoms with van der Waals surface area (Å²) in [6.45, 7) is 0.0899. The van der Waals surface area contributed by atoms with E-state index >= 15 is 0 Å². The predicted octanol–water partition coefficient (Wildman–Crippen LogP) is 0.573. The monoisotopic (exact) mass is 225 g/mol.